The Morgan fingerprint density at radius 3 is 2.80 bits per heavy atom. The molecule has 0 spiro atoms. The minimum Gasteiger partial charge on any atom is -0.395 e. The summed E-state index contributed by atoms with van der Waals surface area (Å²) in [6.07, 6.45) is 7.33. The molecule has 2 nitrogen and oxygen atoms in total. The fraction of sp³-hybridized carbons (Fsp3) is 1.00. The second-order valence-corrected chi connectivity index (χ2v) is 6.01. The molecule has 2 N–H and O–H groups in total. The molecule has 3 rings (SSSR count). The molecule has 6 atom stereocenters. The molecule has 0 aromatic heterocycles. The van der Waals surface area contributed by atoms with Crippen molar-refractivity contribution >= 4 is 0 Å². The Balaban J connectivity index is 1.65. The van der Waals surface area contributed by atoms with Gasteiger partial charge in [0.25, 0.3) is 0 Å². The summed E-state index contributed by atoms with van der Waals surface area (Å²) in [5.74, 6) is 4.08. The van der Waals surface area contributed by atoms with Gasteiger partial charge in [-0.05, 0) is 56.3 Å². The van der Waals surface area contributed by atoms with E-state index in [-0.39, 0.29) is 12.6 Å². The van der Waals surface area contributed by atoms with E-state index in [9.17, 15) is 0 Å². The topological polar surface area (TPSA) is 32.3 Å². The normalized spacial score (nSPS) is 49.6. The van der Waals surface area contributed by atoms with Gasteiger partial charge in [0.1, 0.15) is 0 Å². The summed E-state index contributed by atoms with van der Waals surface area (Å²) in [7, 11) is 0. The van der Waals surface area contributed by atoms with Crippen LogP contribution in [0.2, 0.25) is 0 Å². The van der Waals surface area contributed by atoms with Gasteiger partial charge in [-0.25, -0.2) is 0 Å². The molecule has 0 amide bonds. The van der Waals surface area contributed by atoms with Crippen molar-refractivity contribution in [2.24, 2.45) is 23.7 Å². The van der Waals surface area contributed by atoms with E-state index in [1.165, 1.54) is 32.1 Å². The lowest BCUT2D eigenvalue weighted by atomic mass is 9.79. The Morgan fingerprint density at radius 1 is 1.20 bits per heavy atom. The number of hydrogen-bond donors (Lipinski definition) is 2. The van der Waals surface area contributed by atoms with E-state index < -0.39 is 0 Å². The zero-order valence-electron chi connectivity index (χ0n) is 9.65. The molecular weight excluding hydrogens is 186 g/mol. The van der Waals surface area contributed by atoms with Crippen LogP contribution in [0.15, 0.2) is 0 Å². The van der Waals surface area contributed by atoms with Crippen molar-refractivity contribution in [1.29, 1.82) is 0 Å². The standard InChI is InChI=1S/C13H23NO/c1-8(7-15)14-13-6-9-5-12(13)11-4-2-3-10(9)11/h8-15H,2-7H2,1H3/t8-,9-,10+,11+,12+,13-/m1/s1. The van der Waals surface area contributed by atoms with E-state index in [1.807, 2.05) is 0 Å². The van der Waals surface area contributed by atoms with Gasteiger partial charge in [0.05, 0.1) is 6.61 Å². The van der Waals surface area contributed by atoms with Gasteiger partial charge in [-0.3, -0.25) is 0 Å². The minimum absolute atomic E-state index is 0.280. The first kappa shape index (κ1) is 10.1. The first-order chi connectivity index (χ1) is 7.29. The smallest absolute Gasteiger partial charge is 0.0582 e. The predicted molar refractivity (Wildman–Crippen MR) is 60.5 cm³/mol. The summed E-state index contributed by atoms with van der Waals surface area (Å²) in [6.45, 7) is 2.38. The SMILES string of the molecule is C[C@H](CO)N[C@@H]1C[C@H]2C[C@H]1[C@H]1CCC[C@@H]21. The van der Waals surface area contributed by atoms with Crippen LogP contribution in [-0.2, 0) is 0 Å². The van der Waals surface area contributed by atoms with Crippen molar-refractivity contribution in [3.63, 3.8) is 0 Å². The molecule has 2 bridgehead atoms. The third-order valence-corrected chi connectivity index (χ3v) is 5.20. The Morgan fingerprint density at radius 2 is 2.00 bits per heavy atom. The third kappa shape index (κ3) is 1.53. The molecule has 86 valence electrons. The Labute approximate surface area is 92.4 Å². The summed E-state index contributed by atoms with van der Waals surface area (Å²) in [6, 6.07) is 1.01. The molecule has 0 aliphatic heterocycles. The first-order valence-corrected chi connectivity index (χ1v) is 6.66. The van der Waals surface area contributed by atoms with E-state index in [4.69, 9.17) is 5.11 Å². The summed E-state index contributed by atoms with van der Waals surface area (Å²) >= 11 is 0. The number of rotatable bonds is 3. The quantitative estimate of drug-likeness (QED) is 0.742. The Hall–Kier alpha value is -0.0800. The van der Waals surface area contributed by atoms with E-state index in [2.05, 4.69) is 12.2 Å². The largest absolute Gasteiger partial charge is 0.395 e. The molecule has 3 saturated carbocycles. The van der Waals surface area contributed by atoms with Crippen LogP contribution in [0.5, 0.6) is 0 Å². The average Bonchev–Trinajstić information content (AvgIpc) is 2.87. The van der Waals surface area contributed by atoms with Crippen molar-refractivity contribution in [3.05, 3.63) is 0 Å². The molecule has 15 heavy (non-hydrogen) atoms. The fourth-order valence-electron chi connectivity index (χ4n) is 4.68. The van der Waals surface area contributed by atoms with E-state index in [1.54, 1.807) is 0 Å². The lowest BCUT2D eigenvalue weighted by Gasteiger charge is -2.33. The Bertz CT molecular complexity index is 243. The Kier molecular flexibility index (Phi) is 2.52. The predicted octanol–water partition coefficient (Wildman–Crippen LogP) is 1.78. The maximum Gasteiger partial charge on any atom is 0.0582 e. The van der Waals surface area contributed by atoms with Crippen molar-refractivity contribution < 1.29 is 5.11 Å². The molecule has 3 fully saturated rings. The van der Waals surface area contributed by atoms with Gasteiger partial charge < -0.3 is 10.4 Å². The molecule has 0 heterocycles. The molecule has 0 saturated heterocycles. The van der Waals surface area contributed by atoms with Gasteiger partial charge in [0.2, 0.25) is 0 Å². The van der Waals surface area contributed by atoms with Crippen LogP contribution in [0.1, 0.15) is 39.0 Å². The maximum atomic E-state index is 9.09. The second-order valence-electron chi connectivity index (χ2n) is 6.01. The molecule has 0 unspecified atom stereocenters. The van der Waals surface area contributed by atoms with Crippen LogP contribution >= 0.6 is 0 Å². The van der Waals surface area contributed by atoms with Gasteiger partial charge >= 0.3 is 0 Å². The van der Waals surface area contributed by atoms with Gasteiger partial charge in [-0.15, -0.1) is 0 Å². The van der Waals surface area contributed by atoms with Crippen LogP contribution in [0.25, 0.3) is 0 Å². The van der Waals surface area contributed by atoms with Crippen LogP contribution in [-0.4, -0.2) is 23.8 Å². The summed E-state index contributed by atoms with van der Waals surface area (Å²) in [5, 5.41) is 12.7. The van der Waals surface area contributed by atoms with Crippen LogP contribution in [0, 0.1) is 23.7 Å². The van der Waals surface area contributed by atoms with Crippen molar-refractivity contribution in [2.75, 3.05) is 6.61 Å². The number of nitrogens with one attached hydrogen (secondary N) is 1. The summed E-state index contributed by atoms with van der Waals surface area (Å²) in [4.78, 5) is 0. The lowest BCUT2D eigenvalue weighted by Crippen LogP contribution is -2.44. The zero-order chi connectivity index (χ0) is 10.4. The first-order valence-electron chi connectivity index (χ1n) is 6.66. The lowest BCUT2D eigenvalue weighted by molar-refractivity contribution is 0.176. The molecule has 3 aliphatic carbocycles. The van der Waals surface area contributed by atoms with E-state index in [0.29, 0.717) is 0 Å². The van der Waals surface area contributed by atoms with Crippen molar-refractivity contribution in [2.45, 2.75) is 51.1 Å². The molecule has 0 aromatic rings. The summed E-state index contributed by atoms with van der Waals surface area (Å²) in [5.41, 5.74) is 0. The monoisotopic (exact) mass is 209 g/mol. The zero-order valence-corrected chi connectivity index (χ0v) is 9.65. The number of aliphatic hydroxyl groups is 1. The molecule has 3 aliphatic rings. The fourth-order valence-corrected chi connectivity index (χ4v) is 4.68. The summed E-state index contributed by atoms with van der Waals surface area (Å²) < 4.78 is 0. The van der Waals surface area contributed by atoms with Gasteiger partial charge in [0.15, 0.2) is 0 Å². The highest BCUT2D eigenvalue weighted by atomic mass is 16.3. The minimum atomic E-state index is 0.280. The van der Waals surface area contributed by atoms with Gasteiger partial charge in [0, 0.05) is 12.1 Å². The van der Waals surface area contributed by atoms with Crippen molar-refractivity contribution in [1.82, 2.24) is 5.32 Å². The maximum absolute atomic E-state index is 9.09. The third-order valence-electron chi connectivity index (χ3n) is 5.20. The molecule has 0 radical (unpaired) electrons. The highest BCUT2D eigenvalue weighted by Crippen LogP contribution is 2.58. The van der Waals surface area contributed by atoms with Crippen LogP contribution in [0.3, 0.4) is 0 Å². The number of fused-ring (bicyclic) bond motifs is 5. The van der Waals surface area contributed by atoms with Gasteiger partial charge in [-0.2, -0.15) is 0 Å². The van der Waals surface area contributed by atoms with Gasteiger partial charge in [-0.1, -0.05) is 6.42 Å². The molecular formula is C13H23NO. The van der Waals surface area contributed by atoms with Crippen LogP contribution < -0.4 is 5.32 Å². The molecule has 0 aromatic carbocycles. The van der Waals surface area contributed by atoms with E-state index >= 15 is 0 Å². The van der Waals surface area contributed by atoms with E-state index in [0.717, 1.165) is 29.7 Å². The van der Waals surface area contributed by atoms with Crippen molar-refractivity contribution in [3.8, 4) is 0 Å². The second kappa shape index (κ2) is 3.74. The highest BCUT2D eigenvalue weighted by molar-refractivity contribution is 5.05. The number of hydrogen-bond acceptors (Lipinski definition) is 2. The number of aliphatic hydroxyl groups excluding tert-OH is 1. The molecule has 2 heteroatoms. The highest BCUT2D eigenvalue weighted by Gasteiger charge is 2.53. The average molecular weight is 209 g/mol. The van der Waals surface area contributed by atoms with Crippen LogP contribution in [0.4, 0.5) is 0 Å².